The van der Waals surface area contributed by atoms with Crippen molar-refractivity contribution in [2.75, 3.05) is 0 Å². The minimum Gasteiger partial charge on any atom is -0.277 e. The van der Waals surface area contributed by atoms with Crippen LogP contribution >= 0.6 is 0 Å². The molecule has 5 fully saturated rings. The second kappa shape index (κ2) is 3.26. The molecule has 1 aliphatic heterocycles. The Kier molecular flexibility index (Phi) is 1.84. The first-order chi connectivity index (χ1) is 9.63. The van der Waals surface area contributed by atoms with Gasteiger partial charge in [-0.3, -0.25) is 19.8 Å². The van der Waals surface area contributed by atoms with Gasteiger partial charge in [0.15, 0.2) is 0 Å². The van der Waals surface area contributed by atoms with Crippen molar-refractivity contribution in [3.8, 4) is 0 Å². The number of carbonyl (C=O) groups is 3. The zero-order valence-corrected chi connectivity index (χ0v) is 11.3. The van der Waals surface area contributed by atoms with Crippen LogP contribution in [-0.4, -0.2) is 28.8 Å². The molecule has 0 aromatic carbocycles. The predicted molar refractivity (Wildman–Crippen MR) is 68.3 cm³/mol. The molecule has 5 heteroatoms. The predicted octanol–water partition coefficient (Wildman–Crippen LogP) is 1.28. The second-order valence-electron chi connectivity index (χ2n) is 7.35. The van der Waals surface area contributed by atoms with E-state index in [2.05, 4.69) is 5.32 Å². The lowest BCUT2D eigenvalue weighted by molar-refractivity contribution is -0.158. The van der Waals surface area contributed by atoms with E-state index in [9.17, 15) is 14.4 Å². The number of nitrogens with zero attached hydrogens (tertiary/aromatic N) is 1. The molecule has 5 rings (SSSR count). The summed E-state index contributed by atoms with van der Waals surface area (Å²) >= 11 is 0. The van der Waals surface area contributed by atoms with Gasteiger partial charge in [-0.2, -0.15) is 0 Å². The molecule has 4 saturated carbocycles. The van der Waals surface area contributed by atoms with Gasteiger partial charge in [-0.25, -0.2) is 4.79 Å². The van der Waals surface area contributed by atoms with E-state index in [0.717, 1.165) is 6.42 Å². The SMILES string of the molecule is O=C1NC(=O)C2(CCC2)C(=O)N1C1C2C3CCC(C3)C21. The molecule has 0 aromatic rings. The van der Waals surface area contributed by atoms with Crippen molar-refractivity contribution in [2.24, 2.45) is 29.1 Å². The smallest absolute Gasteiger partial charge is 0.277 e. The van der Waals surface area contributed by atoms with Gasteiger partial charge in [0.05, 0.1) is 0 Å². The third kappa shape index (κ3) is 1.07. The Morgan fingerprint density at radius 3 is 2.25 bits per heavy atom. The molecular weight excluding hydrogens is 256 g/mol. The first-order valence-electron chi connectivity index (χ1n) is 7.82. The molecule has 5 aliphatic rings. The van der Waals surface area contributed by atoms with Crippen molar-refractivity contribution >= 4 is 17.8 Å². The van der Waals surface area contributed by atoms with E-state index in [1.807, 2.05) is 0 Å². The van der Waals surface area contributed by atoms with Crippen LogP contribution in [0.5, 0.6) is 0 Å². The Morgan fingerprint density at radius 1 is 1.05 bits per heavy atom. The molecule has 4 amide bonds. The van der Waals surface area contributed by atoms with Crippen LogP contribution in [-0.2, 0) is 9.59 Å². The highest BCUT2D eigenvalue weighted by molar-refractivity contribution is 6.20. The van der Waals surface area contributed by atoms with Crippen molar-refractivity contribution in [3.63, 3.8) is 0 Å². The molecule has 1 saturated heterocycles. The highest BCUT2D eigenvalue weighted by Crippen LogP contribution is 2.68. The number of nitrogens with one attached hydrogen (secondary N) is 1. The summed E-state index contributed by atoms with van der Waals surface area (Å²) in [6, 6.07) is -0.365. The van der Waals surface area contributed by atoms with Crippen molar-refractivity contribution in [1.82, 2.24) is 10.2 Å². The van der Waals surface area contributed by atoms with Crippen LogP contribution in [0, 0.1) is 29.1 Å². The number of barbiturate groups is 1. The van der Waals surface area contributed by atoms with Gasteiger partial charge in [0.1, 0.15) is 5.41 Å². The number of urea groups is 1. The summed E-state index contributed by atoms with van der Waals surface area (Å²) in [6.45, 7) is 0. The third-order valence-electron chi connectivity index (χ3n) is 6.70. The van der Waals surface area contributed by atoms with Gasteiger partial charge in [0.2, 0.25) is 11.8 Å². The monoisotopic (exact) mass is 274 g/mol. The van der Waals surface area contributed by atoms with Gasteiger partial charge >= 0.3 is 6.03 Å². The fourth-order valence-corrected chi connectivity index (χ4v) is 5.56. The Bertz CT molecular complexity index is 537. The van der Waals surface area contributed by atoms with Gasteiger partial charge in [-0.15, -0.1) is 0 Å². The number of carbonyl (C=O) groups excluding carboxylic acids is 3. The Hall–Kier alpha value is -1.39. The lowest BCUT2D eigenvalue weighted by Gasteiger charge is -2.45. The summed E-state index contributed by atoms with van der Waals surface area (Å²) in [7, 11) is 0. The number of amides is 4. The lowest BCUT2D eigenvalue weighted by atomic mass is 9.66. The fraction of sp³-hybridized carbons (Fsp3) is 0.800. The Labute approximate surface area is 117 Å². The minimum atomic E-state index is -0.899. The van der Waals surface area contributed by atoms with Crippen molar-refractivity contribution in [3.05, 3.63) is 0 Å². The maximum Gasteiger partial charge on any atom is 0.331 e. The molecule has 4 unspecified atom stereocenters. The molecule has 0 aromatic heterocycles. The van der Waals surface area contributed by atoms with Crippen LogP contribution in [0.2, 0.25) is 0 Å². The van der Waals surface area contributed by atoms with Gasteiger partial charge in [-0.05, 0) is 55.8 Å². The zero-order chi connectivity index (χ0) is 13.6. The fourth-order valence-electron chi connectivity index (χ4n) is 5.56. The van der Waals surface area contributed by atoms with Gasteiger partial charge < -0.3 is 0 Å². The normalized spacial score (nSPS) is 47.3. The van der Waals surface area contributed by atoms with E-state index in [1.54, 1.807) is 0 Å². The number of fused-ring (bicyclic) bond motifs is 5. The molecule has 0 radical (unpaired) electrons. The highest BCUT2D eigenvalue weighted by Gasteiger charge is 2.71. The van der Waals surface area contributed by atoms with E-state index in [-0.39, 0.29) is 17.9 Å². The molecule has 1 N–H and O–H groups in total. The Balaban J connectivity index is 1.47. The van der Waals surface area contributed by atoms with E-state index in [1.165, 1.54) is 24.2 Å². The van der Waals surface area contributed by atoms with Gasteiger partial charge in [-0.1, -0.05) is 6.42 Å². The van der Waals surface area contributed by atoms with Crippen LogP contribution in [0.3, 0.4) is 0 Å². The van der Waals surface area contributed by atoms with Gasteiger partial charge in [0.25, 0.3) is 0 Å². The summed E-state index contributed by atoms with van der Waals surface area (Å²) in [4.78, 5) is 38.4. The Morgan fingerprint density at radius 2 is 1.70 bits per heavy atom. The van der Waals surface area contributed by atoms with Crippen LogP contribution in [0.4, 0.5) is 4.79 Å². The van der Waals surface area contributed by atoms with E-state index in [0.29, 0.717) is 36.5 Å². The number of hydrogen-bond acceptors (Lipinski definition) is 3. The third-order valence-corrected chi connectivity index (χ3v) is 6.70. The lowest BCUT2D eigenvalue weighted by Crippen LogP contribution is -2.67. The molecule has 106 valence electrons. The van der Waals surface area contributed by atoms with Crippen molar-refractivity contribution in [2.45, 2.75) is 44.6 Å². The minimum absolute atomic E-state index is 0.0966. The van der Waals surface area contributed by atoms with Gasteiger partial charge in [0, 0.05) is 6.04 Å². The summed E-state index contributed by atoms with van der Waals surface area (Å²) < 4.78 is 0. The van der Waals surface area contributed by atoms with E-state index < -0.39 is 11.4 Å². The molecule has 4 aliphatic carbocycles. The number of rotatable bonds is 1. The molecular formula is C15H18N2O3. The quantitative estimate of drug-likeness (QED) is 0.732. The topological polar surface area (TPSA) is 66.5 Å². The molecule has 4 atom stereocenters. The van der Waals surface area contributed by atoms with Crippen molar-refractivity contribution < 1.29 is 14.4 Å². The summed E-state index contributed by atoms with van der Waals surface area (Å²) in [6.07, 6.45) is 5.93. The maximum absolute atomic E-state index is 12.7. The molecule has 20 heavy (non-hydrogen) atoms. The highest BCUT2D eigenvalue weighted by atomic mass is 16.2. The number of imide groups is 2. The molecule has 5 nitrogen and oxygen atoms in total. The van der Waals surface area contributed by atoms with E-state index in [4.69, 9.17) is 0 Å². The van der Waals surface area contributed by atoms with E-state index >= 15 is 0 Å². The summed E-state index contributed by atoms with van der Waals surface area (Å²) in [5, 5.41) is 2.44. The van der Waals surface area contributed by atoms with Crippen LogP contribution in [0.15, 0.2) is 0 Å². The van der Waals surface area contributed by atoms with Crippen LogP contribution in [0.25, 0.3) is 0 Å². The maximum atomic E-state index is 12.7. The molecule has 1 spiro atoms. The zero-order valence-electron chi connectivity index (χ0n) is 11.3. The van der Waals surface area contributed by atoms with Crippen molar-refractivity contribution in [1.29, 1.82) is 0 Å². The standard InChI is InChI=1S/C15H18N2O3/c18-12-15(4-1-5-15)13(19)17(14(20)16-12)11-9-7-2-3-8(6-7)10(9)11/h7-11H,1-6H2,(H,16,18,20). The van der Waals surface area contributed by atoms with Crippen LogP contribution < -0.4 is 5.32 Å². The van der Waals surface area contributed by atoms with Crippen LogP contribution in [0.1, 0.15) is 38.5 Å². The summed E-state index contributed by atoms with van der Waals surface area (Å²) in [5.74, 6) is 1.94. The first-order valence-corrected chi connectivity index (χ1v) is 7.82. The number of hydrogen-bond donors (Lipinski definition) is 1. The largest absolute Gasteiger partial charge is 0.331 e. The second-order valence-corrected chi connectivity index (χ2v) is 7.35. The average Bonchev–Trinajstić information content (AvgIpc) is 2.77. The average molecular weight is 274 g/mol. The first kappa shape index (κ1) is 11.3. The molecule has 2 bridgehead atoms. The molecule has 1 heterocycles. The summed E-state index contributed by atoms with van der Waals surface area (Å²) in [5.41, 5.74) is -0.899.